The number of fused-ring (bicyclic) bond motifs is 18. The molecule has 10 nitrogen and oxygen atoms in total. The standard InChI is InChI=1S/C30H20N2O.C30H22N2.C27H22N2.C24H16N2O/c1-2-8-25-23(7-1)24-19-21(15-18-26(24)31-25)20-13-16-22(17-14-20)32-27-9-3-5-11-29(27)33-30-12-6-4-10-28(30)32;1-3-11-23(12-4-1)31(24-13-5-2-6-14-24)25-19-21-26(22-20-25)32-29-17-9-7-15-27(29)28-16-8-10-18-30(28)32;1-27(2)21-10-4-7-13-25(21)29(26-14-8-5-11-22(26)27)18-15-16-24-20(17-18)19-9-3-6-12-23(19)28-24;1-2-8-19-17(7-1)18-15-16(13-14-20(18)25-19)26-21-9-3-5-11-23(21)27-24-12-6-4-10-22(24)26/h1-19,31H;1-22H;3-17,28H,1-2H3;1-15,25H. The lowest BCUT2D eigenvalue weighted by Crippen LogP contribution is -2.30. The van der Waals surface area contributed by atoms with E-state index in [0.717, 1.165) is 96.4 Å². The minimum atomic E-state index is -0.0332. The molecule has 10 heteroatoms. The van der Waals surface area contributed by atoms with E-state index in [1.807, 2.05) is 72.8 Å². The van der Waals surface area contributed by atoms with Crippen molar-refractivity contribution in [2.75, 3.05) is 19.6 Å². The molecular weight excluding hydrogens is 1480 g/mol. The molecule has 3 aliphatic rings. The van der Waals surface area contributed by atoms with Gasteiger partial charge in [-0.05, 0) is 222 Å². The number of aromatic amines is 3. The SMILES string of the molecule is CC1(C)c2ccccc2N(c2ccc3[nH]c4ccccc4c3c2)c2ccccc21.c1ccc(N(c2ccccc2)c2ccc(-n3c4ccccc4c4ccccc43)cc2)cc1.c1ccc2c(c1)Oc1ccccc1N2c1ccc(-c2ccc3[nH]c4ccccc4c3c2)cc1.c1ccc2c(c1)Oc1ccccc1N2c1ccc2[nH]c3ccccc3c2c1. The third kappa shape index (κ3) is 12.7. The summed E-state index contributed by atoms with van der Waals surface area (Å²) in [4.78, 5) is 19.8. The largest absolute Gasteiger partial charge is 0.453 e. The van der Waals surface area contributed by atoms with Crippen LogP contribution in [0.2, 0.25) is 0 Å². The molecule has 0 unspecified atom stereocenters. The highest BCUT2D eigenvalue weighted by atomic mass is 16.5. The third-order valence-electron chi connectivity index (χ3n) is 23.9. The maximum absolute atomic E-state index is 6.15. The second kappa shape index (κ2) is 29.9. The first-order valence-corrected chi connectivity index (χ1v) is 41.2. The fourth-order valence-corrected chi connectivity index (χ4v) is 18.2. The summed E-state index contributed by atoms with van der Waals surface area (Å²) in [5.74, 6) is 3.47. The van der Waals surface area contributed by atoms with Crippen molar-refractivity contribution in [3.8, 4) is 39.8 Å². The first-order valence-electron chi connectivity index (χ1n) is 41.2. The van der Waals surface area contributed by atoms with Crippen LogP contribution >= 0.6 is 0 Å². The molecule has 3 aliphatic heterocycles. The second-order valence-corrected chi connectivity index (χ2v) is 31.4. The molecule has 7 heterocycles. The third-order valence-corrected chi connectivity index (χ3v) is 23.9. The fourth-order valence-electron chi connectivity index (χ4n) is 18.2. The molecule has 0 fully saturated rings. The van der Waals surface area contributed by atoms with Gasteiger partial charge in [0.15, 0.2) is 23.0 Å². The highest BCUT2D eigenvalue weighted by molar-refractivity contribution is 6.12. The number of nitrogens with zero attached hydrogens (tertiary/aromatic N) is 5. The molecule has 18 aromatic carbocycles. The molecule has 0 bridgehead atoms. The number of anilines is 12. The zero-order valence-electron chi connectivity index (χ0n) is 66.5. The summed E-state index contributed by atoms with van der Waals surface area (Å²) >= 11 is 0. The van der Waals surface area contributed by atoms with Crippen LogP contribution in [0.5, 0.6) is 23.0 Å². The molecule has 0 spiro atoms. The van der Waals surface area contributed by atoms with Crippen LogP contribution in [-0.2, 0) is 5.41 Å². The number of aromatic nitrogens is 4. The van der Waals surface area contributed by atoms with Crippen molar-refractivity contribution < 1.29 is 9.47 Å². The fraction of sp³-hybridized carbons (Fsp3) is 0.0270. The number of rotatable bonds is 8. The predicted octanol–water partition coefficient (Wildman–Crippen LogP) is 31.1. The van der Waals surface area contributed by atoms with E-state index in [-0.39, 0.29) is 5.41 Å². The van der Waals surface area contributed by atoms with Crippen LogP contribution < -0.4 is 29.1 Å². The van der Waals surface area contributed by atoms with E-state index >= 15 is 0 Å². The quantitative estimate of drug-likeness (QED) is 0.141. The van der Waals surface area contributed by atoms with Crippen LogP contribution in [0, 0.1) is 0 Å². The van der Waals surface area contributed by atoms with Gasteiger partial charge in [0.2, 0.25) is 0 Å². The minimum absolute atomic E-state index is 0.0332. The Morgan fingerprint density at radius 3 is 0.959 bits per heavy atom. The van der Waals surface area contributed by atoms with Crippen molar-refractivity contribution in [1.29, 1.82) is 0 Å². The highest BCUT2D eigenvalue weighted by Crippen LogP contribution is 2.55. The number of benzene rings is 18. The van der Waals surface area contributed by atoms with Gasteiger partial charge in [-0.2, -0.15) is 0 Å². The number of H-pyrrole nitrogens is 3. The summed E-state index contributed by atoms with van der Waals surface area (Å²) in [6, 6.07) is 152. The van der Waals surface area contributed by atoms with Gasteiger partial charge < -0.3 is 48.6 Å². The number of hydrogen-bond acceptors (Lipinski definition) is 6. The van der Waals surface area contributed by atoms with Gasteiger partial charge in [0, 0.05) is 121 Å². The lowest BCUT2D eigenvalue weighted by Gasteiger charge is -2.42. The zero-order valence-corrected chi connectivity index (χ0v) is 66.5. The van der Waals surface area contributed by atoms with Gasteiger partial charge in [-0.1, -0.05) is 244 Å². The molecule has 0 aliphatic carbocycles. The average molecular weight is 1560 g/mol. The zero-order chi connectivity index (χ0) is 80.5. The Balaban J connectivity index is 0.0000000969. The van der Waals surface area contributed by atoms with Gasteiger partial charge in [-0.25, -0.2) is 0 Å². The smallest absolute Gasteiger partial charge is 0.151 e. The second-order valence-electron chi connectivity index (χ2n) is 31.4. The molecule has 0 radical (unpaired) electrons. The lowest BCUT2D eigenvalue weighted by molar-refractivity contribution is 0.477. The highest BCUT2D eigenvalue weighted by Gasteiger charge is 2.37. The van der Waals surface area contributed by atoms with Crippen LogP contribution in [0.4, 0.5) is 68.2 Å². The van der Waals surface area contributed by atoms with E-state index in [9.17, 15) is 0 Å². The van der Waals surface area contributed by atoms with E-state index in [1.54, 1.807) is 0 Å². The number of nitrogens with one attached hydrogen (secondary N) is 3. The van der Waals surface area contributed by atoms with E-state index in [2.05, 4.69) is 411 Å². The van der Waals surface area contributed by atoms with Crippen molar-refractivity contribution >= 4 is 155 Å². The van der Waals surface area contributed by atoms with E-state index in [1.165, 1.54) is 110 Å². The molecule has 121 heavy (non-hydrogen) atoms. The molecule has 576 valence electrons. The van der Waals surface area contributed by atoms with Gasteiger partial charge in [0.05, 0.1) is 45.2 Å². The Morgan fingerprint density at radius 2 is 0.521 bits per heavy atom. The van der Waals surface area contributed by atoms with Crippen molar-refractivity contribution in [1.82, 2.24) is 19.5 Å². The molecule has 0 amide bonds. The lowest BCUT2D eigenvalue weighted by atomic mass is 9.73. The van der Waals surface area contributed by atoms with E-state index in [4.69, 9.17) is 9.47 Å². The summed E-state index contributed by atoms with van der Waals surface area (Å²) in [6.45, 7) is 4.65. The Bertz CT molecular complexity index is 7440. The summed E-state index contributed by atoms with van der Waals surface area (Å²) in [5, 5.41) is 10.1. The molecule has 0 saturated heterocycles. The van der Waals surface area contributed by atoms with Gasteiger partial charge in [-0.15, -0.1) is 0 Å². The Hall–Kier alpha value is -16.0. The normalized spacial score (nSPS) is 12.7. The molecule has 0 saturated carbocycles. The van der Waals surface area contributed by atoms with Crippen LogP contribution in [0.25, 0.3) is 104 Å². The van der Waals surface area contributed by atoms with Crippen LogP contribution in [0.3, 0.4) is 0 Å². The number of ether oxygens (including phenoxy) is 2. The maximum atomic E-state index is 6.15. The first kappa shape index (κ1) is 71.5. The summed E-state index contributed by atoms with van der Waals surface area (Å²) in [6.07, 6.45) is 0. The molecular formula is C111H80N8O2. The van der Waals surface area contributed by atoms with Crippen molar-refractivity contribution in [2.24, 2.45) is 0 Å². The Morgan fingerprint density at radius 1 is 0.223 bits per heavy atom. The Kier molecular flexibility index (Phi) is 17.7. The molecule has 0 atom stereocenters. The molecule has 3 N–H and O–H groups in total. The topological polar surface area (TPSA) is 83.7 Å². The Labute approximate surface area is 700 Å². The van der Waals surface area contributed by atoms with Gasteiger partial charge >= 0.3 is 0 Å². The summed E-state index contributed by atoms with van der Waals surface area (Å²) in [5.41, 5.74) is 29.2. The predicted molar refractivity (Wildman–Crippen MR) is 505 cm³/mol. The minimum Gasteiger partial charge on any atom is -0.453 e. The molecule has 22 aromatic rings. The van der Waals surface area contributed by atoms with Crippen LogP contribution in [0.15, 0.2) is 431 Å². The molecule has 25 rings (SSSR count). The number of hydrogen-bond donors (Lipinski definition) is 3. The monoisotopic (exact) mass is 1560 g/mol. The first-order chi connectivity index (χ1) is 59.8. The molecule has 4 aromatic heterocycles. The van der Waals surface area contributed by atoms with Crippen molar-refractivity contribution in [3.05, 3.63) is 442 Å². The van der Waals surface area contributed by atoms with Crippen molar-refractivity contribution in [3.63, 3.8) is 0 Å². The summed E-state index contributed by atoms with van der Waals surface area (Å²) < 4.78 is 14.6. The number of para-hydroxylation sites is 17. The van der Waals surface area contributed by atoms with Crippen LogP contribution in [0.1, 0.15) is 25.0 Å². The van der Waals surface area contributed by atoms with E-state index in [0.29, 0.717) is 0 Å². The van der Waals surface area contributed by atoms with E-state index < -0.39 is 0 Å². The van der Waals surface area contributed by atoms with Gasteiger partial charge in [0.1, 0.15) is 0 Å². The van der Waals surface area contributed by atoms with Crippen molar-refractivity contribution in [2.45, 2.75) is 19.3 Å². The van der Waals surface area contributed by atoms with Crippen LogP contribution in [-0.4, -0.2) is 19.5 Å². The van der Waals surface area contributed by atoms with Gasteiger partial charge in [-0.3, -0.25) is 0 Å². The van der Waals surface area contributed by atoms with Gasteiger partial charge in [0.25, 0.3) is 0 Å². The summed E-state index contributed by atoms with van der Waals surface area (Å²) in [7, 11) is 0. The average Bonchev–Trinajstić information content (AvgIpc) is 1.07. The maximum Gasteiger partial charge on any atom is 0.151 e.